The van der Waals surface area contributed by atoms with Gasteiger partial charge in [0.2, 0.25) is 5.91 Å². The van der Waals surface area contributed by atoms with Crippen LogP contribution in [0, 0.1) is 5.92 Å². The minimum atomic E-state index is -0.616. The Hall–Kier alpha value is -1.10. The first kappa shape index (κ1) is 14.3. The van der Waals surface area contributed by atoms with Crippen molar-refractivity contribution in [2.24, 2.45) is 5.92 Å². The molecule has 1 atom stereocenters. The molecule has 2 aliphatic rings. The van der Waals surface area contributed by atoms with Crippen molar-refractivity contribution in [3.63, 3.8) is 0 Å². The van der Waals surface area contributed by atoms with Crippen molar-refractivity contribution in [1.29, 1.82) is 0 Å². The van der Waals surface area contributed by atoms with Crippen molar-refractivity contribution in [3.05, 3.63) is 0 Å². The van der Waals surface area contributed by atoms with Gasteiger partial charge in [-0.15, -0.1) is 0 Å². The van der Waals surface area contributed by atoms with E-state index in [1.54, 1.807) is 4.90 Å². The molecule has 0 radical (unpaired) electrons. The summed E-state index contributed by atoms with van der Waals surface area (Å²) in [5.41, 5.74) is 0. The molecule has 1 saturated carbocycles. The summed E-state index contributed by atoms with van der Waals surface area (Å²) in [6.07, 6.45) is 6.11. The topological polar surface area (TPSA) is 55.8 Å². The molecule has 5 heteroatoms. The first-order valence-electron chi connectivity index (χ1n) is 7.18. The summed E-state index contributed by atoms with van der Waals surface area (Å²) in [5.74, 6) is 0.471. The summed E-state index contributed by atoms with van der Waals surface area (Å²) in [7, 11) is 1.34. The van der Waals surface area contributed by atoms with E-state index in [1.165, 1.54) is 32.8 Å². The number of methoxy groups -OCH3 is 1. The molecular formula is C14H23NO4. The van der Waals surface area contributed by atoms with Crippen LogP contribution in [0.25, 0.3) is 0 Å². The minimum Gasteiger partial charge on any atom is -0.467 e. The van der Waals surface area contributed by atoms with Gasteiger partial charge >= 0.3 is 5.97 Å². The second-order valence-corrected chi connectivity index (χ2v) is 5.41. The molecule has 1 saturated heterocycles. The van der Waals surface area contributed by atoms with E-state index in [-0.39, 0.29) is 5.91 Å². The van der Waals surface area contributed by atoms with E-state index >= 15 is 0 Å². The summed E-state index contributed by atoms with van der Waals surface area (Å²) in [5, 5.41) is 0. The second-order valence-electron chi connectivity index (χ2n) is 5.41. The van der Waals surface area contributed by atoms with Crippen molar-refractivity contribution in [2.75, 3.05) is 26.8 Å². The summed E-state index contributed by atoms with van der Waals surface area (Å²) >= 11 is 0. The molecule has 2 rings (SSSR count). The van der Waals surface area contributed by atoms with Gasteiger partial charge in [0.15, 0.2) is 6.10 Å². The third-order valence-electron chi connectivity index (χ3n) is 4.12. The molecule has 108 valence electrons. The number of rotatable bonds is 4. The number of carbonyl (C=O) groups is 2. The van der Waals surface area contributed by atoms with Crippen molar-refractivity contribution < 1.29 is 19.1 Å². The van der Waals surface area contributed by atoms with Crippen LogP contribution in [0.1, 0.15) is 38.5 Å². The SMILES string of the molecule is COC(=O)C1CN(C(=O)CCC2CCCC2)CCO1. The molecule has 1 aliphatic carbocycles. The maximum atomic E-state index is 12.1. The van der Waals surface area contributed by atoms with Gasteiger partial charge in [-0.2, -0.15) is 0 Å². The number of ether oxygens (including phenoxy) is 2. The lowest BCUT2D eigenvalue weighted by Crippen LogP contribution is -2.48. The standard InChI is InChI=1S/C14H23NO4/c1-18-14(17)12-10-15(8-9-19-12)13(16)7-6-11-4-2-3-5-11/h11-12H,2-10H2,1H3. The van der Waals surface area contributed by atoms with Crippen LogP contribution >= 0.6 is 0 Å². The number of morpholine rings is 1. The van der Waals surface area contributed by atoms with Crippen LogP contribution in [0.5, 0.6) is 0 Å². The molecule has 1 heterocycles. The van der Waals surface area contributed by atoms with E-state index in [0.29, 0.717) is 26.1 Å². The Labute approximate surface area is 114 Å². The van der Waals surface area contributed by atoms with E-state index in [0.717, 1.165) is 12.3 Å². The molecule has 0 aromatic heterocycles. The maximum Gasteiger partial charge on any atom is 0.336 e. The molecule has 5 nitrogen and oxygen atoms in total. The van der Waals surface area contributed by atoms with Crippen LogP contribution in [0.2, 0.25) is 0 Å². The van der Waals surface area contributed by atoms with E-state index < -0.39 is 12.1 Å². The Kier molecular flexibility index (Phi) is 5.19. The number of nitrogens with zero attached hydrogens (tertiary/aromatic N) is 1. The number of hydrogen-bond donors (Lipinski definition) is 0. The zero-order chi connectivity index (χ0) is 13.7. The average Bonchev–Trinajstić information content (AvgIpc) is 2.97. The Morgan fingerprint density at radius 1 is 1.32 bits per heavy atom. The van der Waals surface area contributed by atoms with E-state index in [4.69, 9.17) is 4.74 Å². The fourth-order valence-corrected chi connectivity index (χ4v) is 2.93. The first-order valence-corrected chi connectivity index (χ1v) is 7.18. The van der Waals surface area contributed by atoms with Crippen molar-refractivity contribution in [2.45, 2.75) is 44.6 Å². The van der Waals surface area contributed by atoms with E-state index in [9.17, 15) is 9.59 Å². The van der Waals surface area contributed by atoms with Crippen LogP contribution in [0.4, 0.5) is 0 Å². The highest BCUT2D eigenvalue weighted by Gasteiger charge is 2.30. The number of esters is 1. The Balaban J connectivity index is 1.76. The molecule has 1 amide bonds. The number of amides is 1. The third-order valence-corrected chi connectivity index (χ3v) is 4.12. The molecule has 1 aliphatic heterocycles. The second kappa shape index (κ2) is 6.89. The van der Waals surface area contributed by atoms with Gasteiger partial charge in [0, 0.05) is 13.0 Å². The Bertz CT molecular complexity index is 325. The molecule has 0 aromatic carbocycles. The van der Waals surface area contributed by atoms with Crippen molar-refractivity contribution in [3.8, 4) is 0 Å². The van der Waals surface area contributed by atoms with Crippen molar-refractivity contribution >= 4 is 11.9 Å². The van der Waals surface area contributed by atoms with Gasteiger partial charge in [0.1, 0.15) is 0 Å². The Morgan fingerprint density at radius 2 is 2.05 bits per heavy atom. The van der Waals surface area contributed by atoms with E-state index in [1.807, 2.05) is 0 Å². The third kappa shape index (κ3) is 3.93. The average molecular weight is 269 g/mol. The molecule has 0 bridgehead atoms. The molecule has 0 aromatic rings. The minimum absolute atomic E-state index is 0.143. The van der Waals surface area contributed by atoms with Crippen LogP contribution in [0.15, 0.2) is 0 Å². The molecule has 2 fully saturated rings. The molecule has 0 spiro atoms. The van der Waals surface area contributed by atoms with Gasteiger partial charge in [0.05, 0.1) is 20.3 Å². The van der Waals surface area contributed by atoms with Gasteiger partial charge in [-0.25, -0.2) is 4.79 Å². The van der Waals surface area contributed by atoms with Gasteiger partial charge < -0.3 is 14.4 Å². The highest BCUT2D eigenvalue weighted by Crippen LogP contribution is 2.28. The van der Waals surface area contributed by atoms with Crippen LogP contribution < -0.4 is 0 Å². The Morgan fingerprint density at radius 3 is 2.74 bits per heavy atom. The van der Waals surface area contributed by atoms with Gasteiger partial charge in [0.25, 0.3) is 0 Å². The lowest BCUT2D eigenvalue weighted by atomic mass is 10.0. The summed E-state index contributed by atoms with van der Waals surface area (Å²) in [4.78, 5) is 25.3. The fourth-order valence-electron chi connectivity index (χ4n) is 2.93. The molecule has 19 heavy (non-hydrogen) atoms. The van der Waals surface area contributed by atoms with Gasteiger partial charge in [-0.1, -0.05) is 25.7 Å². The van der Waals surface area contributed by atoms with Crippen LogP contribution in [-0.4, -0.2) is 49.7 Å². The molecular weight excluding hydrogens is 246 g/mol. The smallest absolute Gasteiger partial charge is 0.336 e. The predicted molar refractivity (Wildman–Crippen MR) is 69.5 cm³/mol. The van der Waals surface area contributed by atoms with Crippen LogP contribution in [0.3, 0.4) is 0 Å². The summed E-state index contributed by atoms with van der Waals surface area (Å²) < 4.78 is 9.98. The zero-order valence-corrected chi connectivity index (χ0v) is 11.6. The fraction of sp³-hybridized carbons (Fsp3) is 0.857. The molecule has 1 unspecified atom stereocenters. The van der Waals surface area contributed by atoms with Crippen molar-refractivity contribution in [1.82, 2.24) is 4.90 Å². The van der Waals surface area contributed by atoms with Gasteiger partial charge in [-0.05, 0) is 12.3 Å². The highest BCUT2D eigenvalue weighted by atomic mass is 16.6. The number of carbonyl (C=O) groups excluding carboxylic acids is 2. The van der Waals surface area contributed by atoms with Gasteiger partial charge in [-0.3, -0.25) is 4.79 Å². The maximum absolute atomic E-state index is 12.1. The summed E-state index contributed by atoms with van der Waals surface area (Å²) in [6.45, 7) is 1.32. The normalized spacial score (nSPS) is 24.5. The lowest BCUT2D eigenvalue weighted by molar-refractivity contribution is -0.162. The monoisotopic (exact) mass is 269 g/mol. The summed E-state index contributed by atoms with van der Waals surface area (Å²) in [6, 6.07) is 0. The lowest BCUT2D eigenvalue weighted by Gasteiger charge is -2.31. The largest absolute Gasteiger partial charge is 0.467 e. The quantitative estimate of drug-likeness (QED) is 0.723. The van der Waals surface area contributed by atoms with Crippen LogP contribution in [-0.2, 0) is 19.1 Å². The molecule has 0 N–H and O–H groups in total. The highest BCUT2D eigenvalue weighted by molar-refractivity contribution is 5.79. The number of hydrogen-bond acceptors (Lipinski definition) is 4. The first-order chi connectivity index (χ1) is 9.20. The van der Waals surface area contributed by atoms with E-state index in [2.05, 4.69) is 4.74 Å². The zero-order valence-electron chi connectivity index (χ0n) is 11.6. The predicted octanol–water partition coefficient (Wildman–Crippen LogP) is 1.36.